The van der Waals surface area contributed by atoms with Crippen molar-refractivity contribution in [3.63, 3.8) is 0 Å². The van der Waals surface area contributed by atoms with Crippen molar-refractivity contribution < 1.29 is 14.0 Å². The minimum Gasteiger partial charge on any atom is -0.325 e. The molecule has 8 heteroatoms. The van der Waals surface area contributed by atoms with Crippen molar-refractivity contribution in [1.29, 1.82) is 5.26 Å². The summed E-state index contributed by atoms with van der Waals surface area (Å²) in [5.74, 6) is -1.28. The summed E-state index contributed by atoms with van der Waals surface area (Å²) in [5.41, 5.74) is 3.81. The normalized spacial score (nSPS) is 16.0. The lowest BCUT2D eigenvalue weighted by Gasteiger charge is -2.25. The maximum atomic E-state index is 13.3. The van der Waals surface area contributed by atoms with Crippen molar-refractivity contribution in [2.45, 2.75) is 32.6 Å². The van der Waals surface area contributed by atoms with Crippen molar-refractivity contribution >= 4 is 45.2 Å². The molecule has 1 aliphatic heterocycles. The summed E-state index contributed by atoms with van der Waals surface area (Å²) in [5, 5.41) is 15.7. The van der Waals surface area contributed by atoms with E-state index in [0.29, 0.717) is 16.2 Å². The SMILES string of the molecule is CCc1cc(Br)cc(C)c1NC(=O)CSC1=C(C#N)[C@H](c2ccc(F)cc2)CC(=O)N1. The van der Waals surface area contributed by atoms with E-state index in [1.54, 1.807) is 12.1 Å². The second-order valence-corrected chi connectivity index (χ2v) is 9.06. The van der Waals surface area contributed by atoms with Crippen LogP contribution in [0.15, 0.2) is 51.5 Å². The van der Waals surface area contributed by atoms with Gasteiger partial charge in [-0.15, -0.1) is 0 Å². The molecule has 0 spiro atoms. The summed E-state index contributed by atoms with van der Waals surface area (Å²) in [4.78, 5) is 24.9. The van der Waals surface area contributed by atoms with Gasteiger partial charge in [0.25, 0.3) is 0 Å². The summed E-state index contributed by atoms with van der Waals surface area (Å²) in [6.45, 7) is 3.94. The van der Waals surface area contributed by atoms with Crippen LogP contribution in [0.5, 0.6) is 0 Å². The lowest BCUT2D eigenvalue weighted by atomic mass is 9.87. The Labute approximate surface area is 193 Å². The second-order valence-electron chi connectivity index (χ2n) is 7.16. The molecule has 0 saturated heterocycles. The van der Waals surface area contributed by atoms with Crippen LogP contribution in [0, 0.1) is 24.1 Å². The highest BCUT2D eigenvalue weighted by molar-refractivity contribution is 9.10. The summed E-state index contributed by atoms with van der Waals surface area (Å²) in [6, 6.07) is 11.8. The number of allylic oxidation sites excluding steroid dienone is 1. The molecule has 2 aromatic carbocycles. The van der Waals surface area contributed by atoms with Gasteiger partial charge in [0.2, 0.25) is 11.8 Å². The van der Waals surface area contributed by atoms with E-state index in [1.165, 1.54) is 12.1 Å². The largest absolute Gasteiger partial charge is 0.325 e. The highest BCUT2D eigenvalue weighted by Gasteiger charge is 2.30. The number of rotatable bonds is 6. The molecule has 0 radical (unpaired) electrons. The Morgan fingerprint density at radius 3 is 2.71 bits per heavy atom. The number of nitrogens with zero attached hydrogens (tertiary/aromatic N) is 1. The smallest absolute Gasteiger partial charge is 0.234 e. The maximum Gasteiger partial charge on any atom is 0.234 e. The fourth-order valence-corrected chi connectivity index (χ4v) is 4.99. The van der Waals surface area contributed by atoms with E-state index in [9.17, 15) is 19.2 Å². The van der Waals surface area contributed by atoms with Gasteiger partial charge in [-0.2, -0.15) is 5.26 Å². The minimum absolute atomic E-state index is 0.0373. The number of nitriles is 1. The number of hydrogen-bond acceptors (Lipinski definition) is 4. The third-order valence-electron chi connectivity index (χ3n) is 5.00. The number of anilines is 1. The number of halogens is 2. The monoisotopic (exact) mass is 501 g/mol. The van der Waals surface area contributed by atoms with Gasteiger partial charge in [0.05, 0.1) is 22.4 Å². The summed E-state index contributed by atoms with van der Waals surface area (Å²) >= 11 is 4.59. The average molecular weight is 502 g/mol. The van der Waals surface area contributed by atoms with E-state index in [-0.39, 0.29) is 29.8 Å². The summed E-state index contributed by atoms with van der Waals surface area (Å²) in [6.07, 6.45) is 0.866. The van der Waals surface area contributed by atoms with Crippen LogP contribution in [0.3, 0.4) is 0 Å². The fourth-order valence-electron chi connectivity index (χ4n) is 3.50. The van der Waals surface area contributed by atoms with E-state index in [4.69, 9.17) is 0 Å². The molecule has 2 amide bonds. The fraction of sp³-hybridized carbons (Fsp3) is 0.261. The van der Waals surface area contributed by atoms with Crippen molar-refractivity contribution in [3.8, 4) is 6.07 Å². The van der Waals surface area contributed by atoms with Crippen molar-refractivity contribution in [2.75, 3.05) is 11.1 Å². The second kappa shape index (κ2) is 10.1. The van der Waals surface area contributed by atoms with E-state index < -0.39 is 5.92 Å². The predicted molar refractivity (Wildman–Crippen MR) is 124 cm³/mol. The molecule has 3 rings (SSSR count). The van der Waals surface area contributed by atoms with Gasteiger partial charge in [-0.05, 0) is 54.3 Å². The quantitative estimate of drug-likeness (QED) is 0.571. The van der Waals surface area contributed by atoms with Crippen molar-refractivity contribution in [2.24, 2.45) is 0 Å². The summed E-state index contributed by atoms with van der Waals surface area (Å²) in [7, 11) is 0. The van der Waals surface area contributed by atoms with Gasteiger partial charge in [-0.3, -0.25) is 9.59 Å². The molecule has 0 aliphatic carbocycles. The lowest BCUT2D eigenvalue weighted by molar-refractivity contribution is -0.121. The van der Waals surface area contributed by atoms with Gasteiger partial charge >= 0.3 is 0 Å². The number of carbonyl (C=O) groups is 2. The molecule has 0 aromatic heterocycles. The first-order valence-electron chi connectivity index (χ1n) is 9.73. The molecule has 0 bridgehead atoms. The van der Waals surface area contributed by atoms with Crippen LogP contribution in [0.2, 0.25) is 0 Å². The number of amides is 2. The highest BCUT2D eigenvalue weighted by Crippen LogP contribution is 2.36. The highest BCUT2D eigenvalue weighted by atomic mass is 79.9. The van der Waals surface area contributed by atoms with Crippen LogP contribution in [0.1, 0.15) is 36.0 Å². The molecule has 31 heavy (non-hydrogen) atoms. The molecule has 0 saturated carbocycles. The Morgan fingerprint density at radius 2 is 2.06 bits per heavy atom. The zero-order valence-electron chi connectivity index (χ0n) is 17.1. The summed E-state index contributed by atoms with van der Waals surface area (Å²) < 4.78 is 14.2. The Kier molecular flexibility index (Phi) is 7.52. The number of thioether (sulfide) groups is 1. The number of nitrogens with one attached hydrogen (secondary N) is 2. The minimum atomic E-state index is -0.467. The molecule has 2 N–H and O–H groups in total. The zero-order valence-corrected chi connectivity index (χ0v) is 19.5. The van der Waals surface area contributed by atoms with Gasteiger partial charge in [0.15, 0.2) is 0 Å². The average Bonchev–Trinajstić information content (AvgIpc) is 2.74. The number of benzene rings is 2. The first-order valence-corrected chi connectivity index (χ1v) is 11.5. The van der Waals surface area contributed by atoms with E-state index in [2.05, 4.69) is 32.6 Å². The van der Waals surface area contributed by atoms with Gasteiger partial charge in [-0.1, -0.05) is 46.7 Å². The molecule has 160 valence electrons. The molecule has 2 aromatic rings. The van der Waals surface area contributed by atoms with Crippen LogP contribution in [-0.4, -0.2) is 17.6 Å². The Balaban J connectivity index is 1.78. The number of aryl methyl sites for hydroxylation is 2. The predicted octanol–water partition coefficient (Wildman–Crippen LogP) is 5.17. The van der Waals surface area contributed by atoms with Crippen molar-refractivity contribution in [1.82, 2.24) is 5.32 Å². The van der Waals surface area contributed by atoms with E-state index in [1.807, 2.05) is 26.0 Å². The van der Waals surface area contributed by atoms with Gasteiger partial charge < -0.3 is 10.6 Å². The molecular formula is C23H21BrFN3O2S. The molecule has 0 fully saturated rings. The van der Waals surface area contributed by atoms with Crippen LogP contribution in [0.4, 0.5) is 10.1 Å². The Bertz CT molecular complexity index is 1090. The Morgan fingerprint density at radius 1 is 1.35 bits per heavy atom. The standard InChI is InChI=1S/C23H21BrFN3O2S/c1-3-14-9-16(24)8-13(2)22(14)27-21(30)12-31-23-19(11-26)18(10-20(29)28-23)15-4-6-17(25)7-5-15/h4-9,18H,3,10,12H2,1-2H3,(H,27,30)(H,28,29)/t18-/m0/s1. The molecule has 1 atom stereocenters. The number of hydrogen-bond donors (Lipinski definition) is 2. The molecule has 5 nitrogen and oxygen atoms in total. The van der Waals surface area contributed by atoms with E-state index >= 15 is 0 Å². The van der Waals surface area contributed by atoms with Gasteiger partial charge in [0, 0.05) is 22.5 Å². The van der Waals surface area contributed by atoms with Crippen LogP contribution in [0.25, 0.3) is 0 Å². The first kappa shape index (κ1) is 23.0. The van der Waals surface area contributed by atoms with E-state index in [0.717, 1.165) is 39.5 Å². The first-order chi connectivity index (χ1) is 14.8. The Hall–Kier alpha value is -2.63. The molecular weight excluding hydrogens is 481 g/mol. The van der Waals surface area contributed by atoms with Crippen LogP contribution in [-0.2, 0) is 16.0 Å². The third-order valence-corrected chi connectivity index (χ3v) is 6.48. The van der Waals surface area contributed by atoms with Gasteiger partial charge in [-0.25, -0.2) is 4.39 Å². The molecule has 0 unspecified atom stereocenters. The van der Waals surface area contributed by atoms with Gasteiger partial charge in [0.1, 0.15) is 5.82 Å². The molecule has 1 aliphatic rings. The molecule has 1 heterocycles. The topological polar surface area (TPSA) is 82.0 Å². The lowest BCUT2D eigenvalue weighted by Crippen LogP contribution is -2.31. The zero-order chi connectivity index (χ0) is 22.5. The maximum absolute atomic E-state index is 13.3. The third kappa shape index (κ3) is 5.54. The van der Waals surface area contributed by atoms with Crippen LogP contribution < -0.4 is 10.6 Å². The number of carbonyl (C=O) groups excluding carboxylic acids is 2. The van der Waals surface area contributed by atoms with Crippen molar-refractivity contribution in [3.05, 3.63) is 74.0 Å². The van der Waals surface area contributed by atoms with Crippen LogP contribution >= 0.6 is 27.7 Å².